The molecule has 0 aromatic heterocycles. The number of hydrogen-bond donors (Lipinski definition) is 0. The zero-order valence-electron chi connectivity index (χ0n) is 10.9. The zero-order valence-corrected chi connectivity index (χ0v) is 11.6. The Morgan fingerprint density at radius 3 is 2.55 bits per heavy atom. The summed E-state index contributed by atoms with van der Waals surface area (Å²) in [6, 6.07) is 13.3. The summed E-state index contributed by atoms with van der Waals surface area (Å²) in [7, 11) is 0. The lowest BCUT2D eigenvalue weighted by atomic mass is 10.1. The first kappa shape index (κ1) is 14.3. The van der Waals surface area contributed by atoms with Crippen molar-refractivity contribution >= 4 is 23.7 Å². The second-order valence-corrected chi connectivity index (χ2v) is 4.76. The molecule has 0 aliphatic heterocycles. The lowest BCUT2D eigenvalue weighted by Crippen LogP contribution is -2.23. The molecule has 0 spiro atoms. The van der Waals surface area contributed by atoms with Gasteiger partial charge in [-0.1, -0.05) is 23.7 Å². The van der Waals surface area contributed by atoms with E-state index in [0.29, 0.717) is 21.9 Å². The number of ether oxygens (including phenoxy) is 1. The van der Waals surface area contributed by atoms with Crippen LogP contribution in [0.25, 0.3) is 0 Å². The first-order valence-corrected chi connectivity index (χ1v) is 6.49. The summed E-state index contributed by atoms with van der Waals surface area (Å²) >= 11 is 5.78. The van der Waals surface area contributed by atoms with Gasteiger partial charge in [-0.15, -0.1) is 0 Å². The molecule has 4 heteroatoms. The number of carbonyl (C=O) groups is 2. The molecule has 0 aliphatic carbocycles. The number of Topliss-reactive ketones (excluding diaryl/α,β-unsaturated/α-hetero) is 1. The molecule has 0 N–H and O–H groups in total. The van der Waals surface area contributed by atoms with Gasteiger partial charge >= 0.3 is 0 Å². The molecule has 102 valence electrons. The van der Waals surface area contributed by atoms with Crippen LogP contribution in [0.3, 0.4) is 0 Å². The summed E-state index contributed by atoms with van der Waals surface area (Å²) in [6.45, 7) is 1.67. The molecule has 0 amide bonds. The highest BCUT2D eigenvalue weighted by Crippen LogP contribution is 2.17. The van der Waals surface area contributed by atoms with Crippen LogP contribution in [0, 0.1) is 0 Å². The number of rotatable bonds is 5. The van der Waals surface area contributed by atoms with Crippen LogP contribution < -0.4 is 4.74 Å². The van der Waals surface area contributed by atoms with Crippen LogP contribution in [-0.4, -0.2) is 18.2 Å². The predicted octanol–water partition coefficient (Wildman–Crippen LogP) is 3.80. The molecule has 0 saturated heterocycles. The smallest absolute Gasteiger partial charge is 0.202 e. The number of halogens is 1. The Bertz CT molecular complexity index is 620. The van der Waals surface area contributed by atoms with Crippen LogP contribution in [0.15, 0.2) is 48.5 Å². The number of hydrogen-bond acceptors (Lipinski definition) is 3. The maximum atomic E-state index is 12.2. The minimum atomic E-state index is -0.641. The zero-order chi connectivity index (χ0) is 14.5. The van der Waals surface area contributed by atoms with E-state index in [1.807, 2.05) is 0 Å². The molecular weight excluding hydrogens is 276 g/mol. The van der Waals surface area contributed by atoms with E-state index in [9.17, 15) is 9.59 Å². The molecule has 0 aliphatic rings. The van der Waals surface area contributed by atoms with E-state index in [1.165, 1.54) is 0 Å². The molecule has 2 aromatic carbocycles. The van der Waals surface area contributed by atoms with Gasteiger partial charge in [0.2, 0.25) is 5.78 Å². The molecule has 0 radical (unpaired) electrons. The largest absolute Gasteiger partial charge is 0.483 e. The molecule has 1 unspecified atom stereocenters. The molecule has 20 heavy (non-hydrogen) atoms. The molecular formula is C16H13ClO3. The van der Waals surface area contributed by atoms with Gasteiger partial charge in [-0.3, -0.25) is 9.59 Å². The van der Waals surface area contributed by atoms with Gasteiger partial charge in [-0.2, -0.15) is 0 Å². The first-order chi connectivity index (χ1) is 9.60. The fraction of sp³-hybridized carbons (Fsp3) is 0.125. The van der Waals surface area contributed by atoms with Gasteiger partial charge in [0, 0.05) is 16.1 Å². The molecule has 1 atom stereocenters. The van der Waals surface area contributed by atoms with Crippen molar-refractivity contribution in [2.24, 2.45) is 0 Å². The first-order valence-electron chi connectivity index (χ1n) is 6.12. The van der Waals surface area contributed by atoms with Crippen LogP contribution in [0.4, 0.5) is 0 Å². The van der Waals surface area contributed by atoms with Crippen molar-refractivity contribution in [1.29, 1.82) is 0 Å². The third-order valence-electron chi connectivity index (χ3n) is 2.81. The predicted molar refractivity (Wildman–Crippen MR) is 77.7 cm³/mol. The second kappa shape index (κ2) is 6.35. The standard InChI is InChI=1S/C16H13ClO3/c1-11(16(19)13-5-7-14(17)8-6-13)20-15-4-2-3-12(9-15)10-18/h2-11H,1H3. The number of ketones is 1. The van der Waals surface area contributed by atoms with Gasteiger partial charge in [0.25, 0.3) is 0 Å². The van der Waals surface area contributed by atoms with Crippen molar-refractivity contribution in [3.8, 4) is 5.75 Å². The van der Waals surface area contributed by atoms with Gasteiger partial charge in [-0.25, -0.2) is 0 Å². The molecule has 3 nitrogen and oxygen atoms in total. The minimum Gasteiger partial charge on any atom is -0.483 e. The highest BCUT2D eigenvalue weighted by molar-refractivity contribution is 6.30. The maximum absolute atomic E-state index is 12.2. The summed E-state index contributed by atoms with van der Waals surface area (Å²) in [5, 5.41) is 0.578. The van der Waals surface area contributed by atoms with E-state index >= 15 is 0 Å². The fourth-order valence-corrected chi connectivity index (χ4v) is 1.89. The summed E-state index contributed by atoms with van der Waals surface area (Å²) < 4.78 is 5.56. The summed E-state index contributed by atoms with van der Waals surface area (Å²) in [5.74, 6) is 0.350. The second-order valence-electron chi connectivity index (χ2n) is 4.32. The Balaban J connectivity index is 2.10. The van der Waals surface area contributed by atoms with Gasteiger partial charge in [-0.05, 0) is 43.3 Å². The third kappa shape index (κ3) is 3.45. The van der Waals surface area contributed by atoms with E-state index in [2.05, 4.69) is 0 Å². The van der Waals surface area contributed by atoms with E-state index in [4.69, 9.17) is 16.3 Å². The number of carbonyl (C=O) groups excluding carboxylic acids is 2. The van der Waals surface area contributed by atoms with Crippen molar-refractivity contribution in [2.75, 3.05) is 0 Å². The van der Waals surface area contributed by atoms with E-state index in [1.54, 1.807) is 55.5 Å². The van der Waals surface area contributed by atoms with Crippen LogP contribution >= 0.6 is 11.6 Å². The lowest BCUT2D eigenvalue weighted by Gasteiger charge is -2.14. The maximum Gasteiger partial charge on any atom is 0.202 e. The van der Waals surface area contributed by atoms with Crippen molar-refractivity contribution in [3.05, 3.63) is 64.7 Å². The molecule has 2 aromatic rings. The average molecular weight is 289 g/mol. The molecule has 2 rings (SSSR count). The Morgan fingerprint density at radius 1 is 1.20 bits per heavy atom. The molecule has 0 fully saturated rings. The van der Waals surface area contributed by atoms with Gasteiger partial charge in [0.05, 0.1) is 0 Å². The SMILES string of the molecule is CC(Oc1cccc(C=O)c1)C(=O)c1ccc(Cl)cc1. The Kier molecular flexibility index (Phi) is 4.53. The fourth-order valence-electron chi connectivity index (χ4n) is 1.77. The topological polar surface area (TPSA) is 43.4 Å². The van der Waals surface area contributed by atoms with Gasteiger partial charge in [0.15, 0.2) is 6.10 Å². The molecule has 0 saturated carbocycles. The summed E-state index contributed by atoms with van der Waals surface area (Å²) in [5.41, 5.74) is 1.04. The van der Waals surface area contributed by atoms with E-state index < -0.39 is 6.10 Å². The van der Waals surface area contributed by atoms with E-state index in [-0.39, 0.29) is 5.78 Å². The molecule has 0 heterocycles. The quantitative estimate of drug-likeness (QED) is 0.621. The third-order valence-corrected chi connectivity index (χ3v) is 3.06. The van der Waals surface area contributed by atoms with Crippen LogP contribution in [0.5, 0.6) is 5.75 Å². The van der Waals surface area contributed by atoms with Crippen molar-refractivity contribution in [2.45, 2.75) is 13.0 Å². The number of aldehydes is 1. The lowest BCUT2D eigenvalue weighted by molar-refractivity contribution is 0.0818. The van der Waals surface area contributed by atoms with Crippen molar-refractivity contribution < 1.29 is 14.3 Å². The summed E-state index contributed by atoms with van der Waals surface area (Å²) in [6.07, 6.45) is 0.0940. The van der Waals surface area contributed by atoms with Crippen LogP contribution in [0.2, 0.25) is 5.02 Å². The Morgan fingerprint density at radius 2 is 1.90 bits per heavy atom. The normalized spacial score (nSPS) is 11.7. The van der Waals surface area contributed by atoms with Crippen molar-refractivity contribution in [3.63, 3.8) is 0 Å². The monoisotopic (exact) mass is 288 g/mol. The van der Waals surface area contributed by atoms with Crippen molar-refractivity contribution in [1.82, 2.24) is 0 Å². The van der Waals surface area contributed by atoms with Crippen LogP contribution in [-0.2, 0) is 0 Å². The van der Waals surface area contributed by atoms with E-state index in [0.717, 1.165) is 6.29 Å². The number of benzene rings is 2. The highest BCUT2D eigenvalue weighted by Gasteiger charge is 2.16. The van der Waals surface area contributed by atoms with Crippen LogP contribution in [0.1, 0.15) is 27.6 Å². The minimum absolute atomic E-state index is 0.141. The van der Waals surface area contributed by atoms with Gasteiger partial charge < -0.3 is 4.74 Å². The Hall–Kier alpha value is -2.13. The summed E-state index contributed by atoms with van der Waals surface area (Å²) in [4.78, 5) is 22.9. The highest BCUT2D eigenvalue weighted by atomic mass is 35.5. The Labute approximate surface area is 122 Å². The molecule has 0 bridgehead atoms. The van der Waals surface area contributed by atoms with Gasteiger partial charge in [0.1, 0.15) is 12.0 Å². The average Bonchev–Trinajstić information content (AvgIpc) is 2.47.